The zero-order chi connectivity index (χ0) is 27.6. The van der Waals surface area contributed by atoms with Crippen molar-refractivity contribution in [2.45, 2.75) is 0 Å². The summed E-state index contributed by atoms with van der Waals surface area (Å²) in [4.78, 5) is 27.9. The van der Waals surface area contributed by atoms with Crippen molar-refractivity contribution in [1.29, 1.82) is 0 Å². The summed E-state index contributed by atoms with van der Waals surface area (Å²) in [5.74, 6) is -1.97. The van der Waals surface area contributed by atoms with Crippen molar-refractivity contribution in [3.05, 3.63) is 138 Å². The second-order valence-electron chi connectivity index (χ2n) is 9.15. The minimum absolute atomic E-state index is 0.0292. The summed E-state index contributed by atoms with van der Waals surface area (Å²) >= 11 is 5.27. The number of carbonyl (C=O) groups excluding carboxylic acids is 2. The Bertz CT molecular complexity index is 1780. The van der Waals surface area contributed by atoms with Crippen LogP contribution in [0.4, 0.5) is 10.1 Å². The van der Waals surface area contributed by atoms with Gasteiger partial charge in [-0.1, -0.05) is 91.0 Å². The van der Waals surface area contributed by atoms with E-state index in [4.69, 9.17) is 12.2 Å². The Balaban J connectivity index is 1.60. The van der Waals surface area contributed by atoms with Gasteiger partial charge in [-0.25, -0.2) is 9.29 Å². The van der Waals surface area contributed by atoms with E-state index in [1.165, 1.54) is 18.2 Å². The first kappa shape index (κ1) is 25.2. The van der Waals surface area contributed by atoms with Gasteiger partial charge in [-0.3, -0.25) is 14.9 Å². The predicted octanol–water partition coefficient (Wildman–Crippen LogP) is 6.78. The van der Waals surface area contributed by atoms with Crippen molar-refractivity contribution < 1.29 is 14.0 Å². The van der Waals surface area contributed by atoms with Gasteiger partial charge in [0.2, 0.25) is 0 Å². The Morgan fingerprint density at radius 3 is 1.95 bits per heavy atom. The smallest absolute Gasteiger partial charge is 0.270 e. The Kier molecular flexibility index (Phi) is 6.64. The molecule has 40 heavy (non-hydrogen) atoms. The molecule has 1 aromatic heterocycles. The van der Waals surface area contributed by atoms with Crippen LogP contribution < -0.4 is 10.2 Å². The number of halogens is 1. The number of amides is 2. The molecule has 4 aromatic carbocycles. The zero-order valence-electron chi connectivity index (χ0n) is 21.1. The molecule has 0 spiro atoms. The van der Waals surface area contributed by atoms with Crippen molar-refractivity contribution in [3.63, 3.8) is 0 Å². The molecule has 5 aromatic rings. The topological polar surface area (TPSA) is 54.3 Å². The molecule has 1 saturated heterocycles. The molecule has 0 aliphatic carbocycles. The SMILES string of the molecule is O=C1NC(=S)N(c2ccccc2F)C(=O)/C1=C/c1cc(-c2ccccc2)n(-c2ccccc2)c1-c1ccccc1. The molecule has 5 nitrogen and oxygen atoms in total. The van der Waals surface area contributed by atoms with Crippen molar-refractivity contribution in [2.75, 3.05) is 4.90 Å². The first-order valence-electron chi connectivity index (χ1n) is 12.6. The summed E-state index contributed by atoms with van der Waals surface area (Å²) in [5, 5.41) is 2.38. The van der Waals surface area contributed by atoms with Crippen LogP contribution in [0.25, 0.3) is 34.3 Å². The normalized spacial score (nSPS) is 14.5. The summed E-state index contributed by atoms with van der Waals surface area (Å²) in [6.07, 6.45) is 1.56. The van der Waals surface area contributed by atoms with Crippen LogP contribution in [0, 0.1) is 5.82 Å². The van der Waals surface area contributed by atoms with E-state index in [-0.39, 0.29) is 16.4 Å². The second kappa shape index (κ2) is 10.6. The van der Waals surface area contributed by atoms with E-state index in [2.05, 4.69) is 9.88 Å². The summed E-state index contributed by atoms with van der Waals surface area (Å²) in [6, 6.07) is 37.3. The van der Waals surface area contributed by atoms with Crippen molar-refractivity contribution in [3.8, 4) is 28.2 Å². The van der Waals surface area contributed by atoms with E-state index in [1.54, 1.807) is 12.1 Å². The van der Waals surface area contributed by atoms with Crippen LogP contribution in [-0.4, -0.2) is 21.5 Å². The molecule has 1 aliphatic rings. The maximum atomic E-state index is 14.7. The molecule has 0 atom stereocenters. The number of nitrogens with one attached hydrogen (secondary N) is 1. The van der Waals surface area contributed by atoms with E-state index in [9.17, 15) is 14.0 Å². The quantitative estimate of drug-likeness (QED) is 0.151. The first-order valence-corrected chi connectivity index (χ1v) is 13.0. The monoisotopic (exact) mass is 543 g/mol. The molecule has 2 heterocycles. The molecule has 6 rings (SSSR count). The maximum absolute atomic E-state index is 14.7. The summed E-state index contributed by atoms with van der Waals surface area (Å²) in [7, 11) is 0. The second-order valence-corrected chi connectivity index (χ2v) is 9.53. The number of nitrogens with zero attached hydrogens (tertiary/aromatic N) is 2. The van der Waals surface area contributed by atoms with Gasteiger partial charge in [-0.15, -0.1) is 0 Å². The van der Waals surface area contributed by atoms with Gasteiger partial charge in [0.15, 0.2) is 5.11 Å². The number of carbonyl (C=O) groups is 2. The minimum Gasteiger partial charge on any atom is -0.309 e. The van der Waals surface area contributed by atoms with Gasteiger partial charge in [0.1, 0.15) is 11.4 Å². The number of anilines is 1. The van der Waals surface area contributed by atoms with E-state index >= 15 is 0 Å². The predicted molar refractivity (Wildman–Crippen MR) is 159 cm³/mol. The fourth-order valence-electron chi connectivity index (χ4n) is 4.86. The highest BCUT2D eigenvalue weighted by atomic mass is 32.1. The molecule has 1 fully saturated rings. The molecule has 0 bridgehead atoms. The standard InChI is InChI=1S/C33H22FN3O2S/c34-27-18-10-11-19-28(27)37-32(39)26(31(38)35-33(37)40)20-24-21-29(22-12-4-1-5-13-22)36(25-16-8-3-9-17-25)30(24)23-14-6-2-7-15-23/h1-21H,(H,35,38,40)/b26-20+. The highest BCUT2D eigenvalue weighted by Crippen LogP contribution is 2.37. The van der Waals surface area contributed by atoms with Gasteiger partial charge in [0.05, 0.1) is 17.1 Å². The van der Waals surface area contributed by atoms with Gasteiger partial charge < -0.3 is 4.57 Å². The molecule has 1 aliphatic heterocycles. The van der Waals surface area contributed by atoms with Gasteiger partial charge in [0, 0.05) is 11.3 Å². The Morgan fingerprint density at radius 2 is 1.30 bits per heavy atom. The fraction of sp³-hybridized carbons (Fsp3) is 0. The lowest BCUT2D eigenvalue weighted by Gasteiger charge is -2.29. The first-order chi connectivity index (χ1) is 19.5. The van der Waals surface area contributed by atoms with Gasteiger partial charge >= 0.3 is 0 Å². The number of hydrogen-bond acceptors (Lipinski definition) is 3. The molecule has 1 N–H and O–H groups in total. The number of hydrogen-bond donors (Lipinski definition) is 1. The molecule has 2 amide bonds. The summed E-state index contributed by atoms with van der Waals surface area (Å²) < 4.78 is 16.8. The van der Waals surface area contributed by atoms with Crippen LogP contribution in [0.1, 0.15) is 5.56 Å². The number of rotatable bonds is 5. The lowest BCUT2D eigenvalue weighted by atomic mass is 10.0. The summed E-state index contributed by atoms with van der Waals surface area (Å²) in [5.41, 5.74) is 4.91. The van der Waals surface area contributed by atoms with Crippen molar-refractivity contribution >= 4 is 40.9 Å². The fourth-order valence-corrected chi connectivity index (χ4v) is 5.14. The number of aromatic nitrogens is 1. The Labute approximate surface area is 235 Å². The Morgan fingerprint density at radius 1 is 0.725 bits per heavy atom. The third-order valence-corrected chi connectivity index (χ3v) is 6.94. The number of benzene rings is 4. The van der Waals surface area contributed by atoms with Crippen LogP contribution in [0.2, 0.25) is 0 Å². The average molecular weight is 544 g/mol. The van der Waals surface area contributed by atoms with Crippen molar-refractivity contribution in [2.24, 2.45) is 0 Å². The van der Waals surface area contributed by atoms with Crippen molar-refractivity contribution in [1.82, 2.24) is 9.88 Å². The molecule has 194 valence electrons. The van der Waals surface area contributed by atoms with Crippen LogP contribution >= 0.6 is 12.2 Å². The van der Waals surface area contributed by atoms with Crippen LogP contribution in [0.15, 0.2) is 127 Å². The molecule has 0 radical (unpaired) electrons. The minimum atomic E-state index is -0.702. The van der Waals surface area contributed by atoms with Crippen LogP contribution in [0.5, 0.6) is 0 Å². The van der Waals surface area contributed by atoms with Gasteiger partial charge in [0.25, 0.3) is 11.8 Å². The molecule has 7 heteroatoms. The van der Waals surface area contributed by atoms with Gasteiger partial charge in [-0.05, 0) is 59.8 Å². The highest BCUT2D eigenvalue weighted by Gasteiger charge is 2.36. The van der Waals surface area contributed by atoms with Crippen LogP contribution in [-0.2, 0) is 9.59 Å². The number of thiocarbonyl (C=S) groups is 1. The molecule has 0 unspecified atom stereocenters. The Hall–Kier alpha value is -5.14. The zero-order valence-corrected chi connectivity index (χ0v) is 21.9. The molecular weight excluding hydrogens is 521 g/mol. The van der Waals surface area contributed by atoms with Gasteiger partial charge in [-0.2, -0.15) is 0 Å². The lowest BCUT2D eigenvalue weighted by Crippen LogP contribution is -2.54. The van der Waals surface area contributed by atoms with Crippen LogP contribution in [0.3, 0.4) is 0 Å². The maximum Gasteiger partial charge on any atom is 0.270 e. The third-order valence-electron chi connectivity index (χ3n) is 6.66. The molecule has 0 saturated carbocycles. The van der Waals surface area contributed by atoms with E-state index < -0.39 is 17.6 Å². The summed E-state index contributed by atoms with van der Waals surface area (Å²) in [6.45, 7) is 0. The lowest BCUT2D eigenvalue weighted by molar-refractivity contribution is -0.122. The average Bonchev–Trinajstić information content (AvgIpc) is 3.37. The van der Waals surface area contributed by atoms with E-state index in [0.717, 1.165) is 33.1 Å². The third kappa shape index (κ3) is 4.52. The highest BCUT2D eigenvalue weighted by molar-refractivity contribution is 7.80. The largest absolute Gasteiger partial charge is 0.309 e. The number of para-hydroxylation sites is 2. The van der Waals surface area contributed by atoms with E-state index in [0.29, 0.717) is 5.56 Å². The van der Waals surface area contributed by atoms with E-state index in [1.807, 2.05) is 97.1 Å². The molecular formula is C33H22FN3O2S.